The molecule has 0 amide bonds. The van der Waals surface area contributed by atoms with E-state index < -0.39 is 5.97 Å². The van der Waals surface area contributed by atoms with Crippen molar-refractivity contribution in [2.24, 2.45) is 7.05 Å². The van der Waals surface area contributed by atoms with Crippen molar-refractivity contribution in [3.8, 4) is 11.5 Å². The van der Waals surface area contributed by atoms with E-state index in [0.717, 1.165) is 5.39 Å². The maximum Gasteiger partial charge on any atom is 0.339 e. The van der Waals surface area contributed by atoms with Crippen molar-refractivity contribution in [1.29, 1.82) is 0 Å². The zero-order valence-corrected chi connectivity index (χ0v) is 10.7. The Labute approximate surface area is 113 Å². The third-order valence-corrected chi connectivity index (χ3v) is 3.12. The number of nitrogens with zero attached hydrogens (tertiary/aromatic N) is 2. The largest absolute Gasteiger partial charge is 0.478 e. The number of hydrogen-bond donors (Lipinski definition) is 1. The highest BCUT2D eigenvalue weighted by atomic mass is 35.5. The molecule has 0 bridgehead atoms. The van der Waals surface area contributed by atoms with Crippen LogP contribution in [-0.4, -0.2) is 20.9 Å². The van der Waals surface area contributed by atoms with Gasteiger partial charge in [-0.25, -0.2) is 4.79 Å². The summed E-state index contributed by atoms with van der Waals surface area (Å²) < 4.78 is 7.13. The van der Waals surface area contributed by atoms with Gasteiger partial charge < -0.3 is 9.52 Å². The number of aromatic nitrogens is 2. The molecule has 0 unspecified atom stereocenters. The quantitative estimate of drug-likeness (QED) is 0.780. The molecule has 0 aliphatic carbocycles. The zero-order valence-electron chi connectivity index (χ0n) is 9.92. The Balaban J connectivity index is 2.24. The van der Waals surface area contributed by atoms with Gasteiger partial charge in [0.05, 0.1) is 6.20 Å². The van der Waals surface area contributed by atoms with Gasteiger partial charge in [-0.2, -0.15) is 5.10 Å². The number of fused-ring (bicyclic) bond motifs is 1. The van der Waals surface area contributed by atoms with Gasteiger partial charge in [0.15, 0.2) is 5.76 Å². The lowest BCUT2D eigenvalue weighted by Crippen LogP contribution is -1.99. The SMILES string of the molecule is Cn1ncc(C(=O)O)c1-c1cc2cc(Cl)ccc2o1. The molecule has 5 nitrogen and oxygen atoms in total. The van der Waals surface area contributed by atoms with E-state index in [1.165, 1.54) is 10.9 Å². The first-order valence-electron chi connectivity index (χ1n) is 5.51. The number of carboxylic acid groups (broad SMARTS) is 1. The van der Waals surface area contributed by atoms with E-state index in [-0.39, 0.29) is 5.56 Å². The highest BCUT2D eigenvalue weighted by Crippen LogP contribution is 2.31. The van der Waals surface area contributed by atoms with E-state index in [2.05, 4.69) is 5.10 Å². The lowest BCUT2D eigenvalue weighted by molar-refractivity contribution is 0.0697. The van der Waals surface area contributed by atoms with Crippen molar-refractivity contribution in [2.75, 3.05) is 0 Å². The second-order valence-corrected chi connectivity index (χ2v) is 4.56. The molecule has 0 aliphatic rings. The molecular formula is C13H9ClN2O3. The van der Waals surface area contributed by atoms with Crippen molar-refractivity contribution in [3.63, 3.8) is 0 Å². The third-order valence-electron chi connectivity index (χ3n) is 2.88. The Morgan fingerprint density at radius 2 is 2.21 bits per heavy atom. The van der Waals surface area contributed by atoms with Crippen LogP contribution < -0.4 is 0 Å². The van der Waals surface area contributed by atoms with Gasteiger partial charge in [0.25, 0.3) is 0 Å². The Morgan fingerprint density at radius 3 is 2.95 bits per heavy atom. The number of halogens is 1. The van der Waals surface area contributed by atoms with Crippen molar-refractivity contribution in [1.82, 2.24) is 9.78 Å². The molecule has 0 spiro atoms. The predicted octanol–water partition coefficient (Wildman–Crippen LogP) is 3.18. The van der Waals surface area contributed by atoms with Crippen LogP contribution in [0.4, 0.5) is 0 Å². The molecule has 0 fully saturated rings. The fourth-order valence-electron chi connectivity index (χ4n) is 2.02. The van der Waals surface area contributed by atoms with Gasteiger partial charge in [-0.05, 0) is 24.3 Å². The molecule has 96 valence electrons. The topological polar surface area (TPSA) is 68.3 Å². The lowest BCUT2D eigenvalue weighted by Gasteiger charge is -1.99. The summed E-state index contributed by atoms with van der Waals surface area (Å²) in [6, 6.07) is 6.99. The summed E-state index contributed by atoms with van der Waals surface area (Å²) >= 11 is 5.91. The van der Waals surface area contributed by atoms with E-state index in [0.29, 0.717) is 22.1 Å². The van der Waals surface area contributed by atoms with E-state index in [1.807, 2.05) is 0 Å². The summed E-state index contributed by atoms with van der Waals surface area (Å²) in [4.78, 5) is 11.2. The average Bonchev–Trinajstić information content (AvgIpc) is 2.91. The normalized spacial score (nSPS) is 11.1. The molecule has 2 heterocycles. The first-order valence-corrected chi connectivity index (χ1v) is 5.89. The summed E-state index contributed by atoms with van der Waals surface area (Å²) in [6.45, 7) is 0. The maximum atomic E-state index is 11.2. The van der Waals surface area contributed by atoms with Crippen LogP contribution in [0.25, 0.3) is 22.4 Å². The predicted molar refractivity (Wildman–Crippen MR) is 70.4 cm³/mol. The summed E-state index contributed by atoms with van der Waals surface area (Å²) in [5.74, 6) is -0.587. The van der Waals surface area contributed by atoms with E-state index in [9.17, 15) is 4.79 Å². The van der Waals surface area contributed by atoms with Gasteiger partial charge >= 0.3 is 5.97 Å². The highest BCUT2D eigenvalue weighted by molar-refractivity contribution is 6.31. The van der Waals surface area contributed by atoms with Crippen molar-refractivity contribution in [3.05, 3.63) is 41.0 Å². The van der Waals surface area contributed by atoms with Gasteiger partial charge in [0.2, 0.25) is 0 Å². The minimum Gasteiger partial charge on any atom is -0.478 e. The van der Waals surface area contributed by atoms with Crippen LogP contribution in [0.3, 0.4) is 0 Å². The number of benzene rings is 1. The van der Waals surface area contributed by atoms with Gasteiger partial charge in [-0.3, -0.25) is 4.68 Å². The fraction of sp³-hybridized carbons (Fsp3) is 0.0769. The van der Waals surface area contributed by atoms with Crippen LogP contribution in [0.15, 0.2) is 34.9 Å². The van der Waals surface area contributed by atoms with Crippen LogP contribution in [-0.2, 0) is 7.05 Å². The summed E-state index contributed by atoms with van der Waals surface area (Å²) in [5.41, 5.74) is 1.18. The minimum absolute atomic E-state index is 0.104. The first kappa shape index (κ1) is 11.8. The smallest absolute Gasteiger partial charge is 0.339 e. The number of carboxylic acids is 1. The molecule has 0 aliphatic heterocycles. The molecule has 3 aromatic rings. The van der Waals surface area contributed by atoms with E-state index in [4.69, 9.17) is 21.1 Å². The lowest BCUT2D eigenvalue weighted by atomic mass is 10.2. The molecule has 0 saturated carbocycles. The van der Waals surface area contributed by atoms with Crippen molar-refractivity contribution in [2.45, 2.75) is 0 Å². The summed E-state index contributed by atoms with van der Waals surface area (Å²) in [7, 11) is 1.67. The molecule has 3 rings (SSSR count). The third kappa shape index (κ3) is 1.88. The first-order chi connectivity index (χ1) is 9.06. The van der Waals surface area contributed by atoms with Crippen molar-refractivity contribution < 1.29 is 14.3 Å². The molecule has 2 aromatic heterocycles. The molecule has 0 atom stereocenters. The van der Waals surface area contributed by atoms with Crippen LogP contribution in [0, 0.1) is 0 Å². The van der Waals surface area contributed by atoms with Gasteiger partial charge in [0, 0.05) is 17.5 Å². The number of aryl methyl sites for hydroxylation is 1. The Morgan fingerprint density at radius 1 is 1.42 bits per heavy atom. The molecule has 1 N–H and O–H groups in total. The molecule has 1 aromatic carbocycles. The van der Waals surface area contributed by atoms with Crippen LogP contribution in [0.2, 0.25) is 5.02 Å². The van der Waals surface area contributed by atoms with E-state index >= 15 is 0 Å². The molecule has 6 heteroatoms. The Hall–Kier alpha value is -2.27. The number of furan rings is 1. The molecule has 0 saturated heterocycles. The fourth-order valence-corrected chi connectivity index (χ4v) is 2.20. The second-order valence-electron chi connectivity index (χ2n) is 4.13. The number of carbonyl (C=O) groups is 1. The monoisotopic (exact) mass is 276 g/mol. The Kier molecular flexibility index (Phi) is 2.57. The summed E-state index contributed by atoms with van der Waals surface area (Å²) in [5, 5.41) is 14.5. The van der Waals surface area contributed by atoms with Crippen LogP contribution >= 0.6 is 11.6 Å². The van der Waals surface area contributed by atoms with Crippen molar-refractivity contribution >= 4 is 28.5 Å². The highest BCUT2D eigenvalue weighted by Gasteiger charge is 2.20. The molecular weight excluding hydrogens is 268 g/mol. The maximum absolute atomic E-state index is 11.2. The van der Waals surface area contributed by atoms with Crippen LogP contribution in [0.1, 0.15) is 10.4 Å². The van der Waals surface area contributed by atoms with Crippen LogP contribution in [0.5, 0.6) is 0 Å². The summed E-state index contributed by atoms with van der Waals surface area (Å²) in [6.07, 6.45) is 1.30. The van der Waals surface area contributed by atoms with Gasteiger partial charge in [-0.1, -0.05) is 11.6 Å². The zero-order chi connectivity index (χ0) is 13.6. The standard InChI is InChI=1S/C13H9ClN2O3/c1-16-12(9(6-15-16)13(17)18)11-5-7-4-8(14)2-3-10(7)19-11/h2-6H,1H3,(H,17,18). The number of aromatic carboxylic acids is 1. The average molecular weight is 277 g/mol. The number of rotatable bonds is 2. The van der Waals surface area contributed by atoms with E-state index in [1.54, 1.807) is 31.3 Å². The van der Waals surface area contributed by atoms with Gasteiger partial charge in [0.1, 0.15) is 16.8 Å². The van der Waals surface area contributed by atoms with Gasteiger partial charge in [-0.15, -0.1) is 0 Å². The molecule has 0 radical (unpaired) electrons. The number of hydrogen-bond acceptors (Lipinski definition) is 3. The second kappa shape index (κ2) is 4.13. The Bertz CT molecular complexity index is 788. The molecule has 19 heavy (non-hydrogen) atoms. The minimum atomic E-state index is -1.04.